The molecular formula is C11H13Cl3N2O. The van der Waals surface area contributed by atoms with E-state index in [1.807, 2.05) is 0 Å². The third-order valence-electron chi connectivity index (χ3n) is 2.15. The molecule has 0 aromatic heterocycles. The number of amides is 1. The number of hydrogen-bond acceptors (Lipinski definition) is 2. The lowest BCUT2D eigenvalue weighted by Gasteiger charge is -2.13. The summed E-state index contributed by atoms with van der Waals surface area (Å²) in [6.45, 7) is 0.470. The molecule has 0 bridgehead atoms. The van der Waals surface area contributed by atoms with Gasteiger partial charge < -0.3 is 10.2 Å². The molecule has 94 valence electrons. The van der Waals surface area contributed by atoms with Gasteiger partial charge in [0, 0.05) is 32.1 Å². The third-order valence-corrected chi connectivity index (χ3v) is 2.96. The maximum atomic E-state index is 11.4. The van der Waals surface area contributed by atoms with Gasteiger partial charge in [0.25, 0.3) is 0 Å². The lowest BCUT2D eigenvalue weighted by molar-refractivity contribution is -0.128. The van der Waals surface area contributed by atoms with Crippen LogP contribution in [-0.2, 0) is 4.79 Å². The van der Waals surface area contributed by atoms with Gasteiger partial charge in [0.05, 0.1) is 15.7 Å². The number of rotatable bonds is 4. The highest BCUT2D eigenvalue weighted by molar-refractivity contribution is 6.41. The van der Waals surface area contributed by atoms with Crippen molar-refractivity contribution in [3.63, 3.8) is 0 Å². The van der Waals surface area contributed by atoms with Crippen LogP contribution in [-0.4, -0.2) is 31.4 Å². The van der Waals surface area contributed by atoms with Gasteiger partial charge in [-0.25, -0.2) is 0 Å². The molecule has 0 aliphatic rings. The van der Waals surface area contributed by atoms with Crippen LogP contribution in [0.1, 0.15) is 6.42 Å². The maximum absolute atomic E-state index is 11.4. The van der Waals surface area contributed by atoms with Gasteiger partial charge in [-0.05, 0) is 12.1 Å². The summed E-state index contributed by atoms with van der Waals surface area (Å²) in [6, 6.07) is 3.20. The monoisotopic (exact) mass is 294 g/mol. The minimum absolute atomic E-state index is 0.0405. The summed E-state index contributed by atoms with van der Waals surface area (Å²) in [6.07, 6.45) is 0.377. The SMILES string of the molecule is CN(C)C(=O)CCNc1c(Cl)cc(Cl)cc1Cl. The zero-order valence-electron chi connectivity index (χ0n) is 9.56. The number of carbonyl (C=O) groups is 1. The first kappa shape index (κ1) is 14.4. The summed E-state index contributed by atoms with van der Waals surface area (Å²) in [7, 11) is 3.43. The topological polar surface area (TPSA) is 32.3 Å². The van der Waals surface area contributed by atoms with E-state index in [0.29, 0.717) is 33.7 Å². The molecule has 1 amide bonds. The van der Waals surface area contributed by atoms with E-state index in [2.05, 4.69) is 5.32 Å². The fraction of sp³-hybridized carbons (Fsp3) is 0.364. The number of carbonyl (C=O) groups excluding carboxylic acids is 1. The zero-order chi connectivity index (χ0) is 13.0. The van der Waals surface area contributed by atoms with Gasteiger partial charge in [-0.2, -0.15) is 0 Å². The molecule has 0 heterocycles. The predicted octanol–water partition coefficient (Wildman–Crippen LogP) is 3.54. The van der Waals surface area contributed by atoms with Crippen molar-refractivity contribution in [2.75, 3.05) is 26.0 Å². The molecule has 0 spiro atoms. The van der Waals surface area contributed by atoms with E-state index in [-0.39, 0.29) is 5.91 Å². The second-order valence-corrected chi connectivity index (χ2v) is 4.96. The first-order valence-corrected chi connectivity index (χ1v) is 6.13. The van der Waals surface area contributed by atoms with E-state index in [9.17, 15) is 4.79 Å². The van der Waals surface area contributed by atoms with Gasteiger partial charge >= 0.3 is 0 Å². The Morgan fingerprint density at radius 3 is 2.24 bits per heavy atom. The summed E-state index contributed by atoms with van der Waals surface area (Å²) >= 11 is 17.8. The van der Waals surface area contributed by atoms with Crippen molar-refractivity contribution in [2.24, 2.45) is 0 Å². The van der Waals surface area contributed by atoms with Crippen LogP contribution in [0.4, 0.5) is 5.69 Å². The number of halogens is 3. The minimum atomic E-state index is 0.0405. The van der Waals surface area contributed by atoms with Crippen LogP contribution in [0.5, 0.6) is 0 Å². The normalized spacial score (nSPS) is 10.2. The molecule has 1 aromatic carbocycles. The molecule has 0 saturated carbocycles. The molecule has 0 aliphatic carbocycles. The van der Waals surface area contributed by atoms with Gasteiger partial charge in [0.15, 0.2) is 0 Å². The Hall–Kier alpha value is -0.640. The Morgan fingerprint density at radius 1 is 1.24 bits per heavy atom. The van der Waals surface area contributed by atoms with Crippen LogP contribution < -0.4 is 5.32 Å². The van der Waals surface area contributed by atoms with Gasteiger partial charge in [-0.3, -0.25) is 4.79 Å². The van der Waals surface area contributed by atoms with Gasteiger partial charge in [-0.15, -0.1) is 0 Å². The Balaban J connectivity index is 2.61. The van der Waals surface area contributed by atoms with Crippen molar-refractivity contribution in [3.05, 3.63) is 27.2 Å². The highest BCUT2D eigenvalue weighted by Gasteiger charge is 2.08. The molecule has 6 heteroatoms. The van der Waals surface area contributed by atoms with Crippen molar-refractivity contribution in [3.8, 4) is 0 Å². The summed E-state index contributed by atoms with van der Waals surface area (Å²) in [4.78, 5) is 12.9. The van der Waals surface area contributed by atoms with Crippen LogP contribution in [0.25, 0.3) is 0 Å². The fourth-order valence-electron chi connectivity index (χ4n) is 1.23. The fourth-order valence-corrected chi connectivity index (χ4v) is 2.18. The van der Waals surface area contributed by atoms with E-state index >= 15 is 0 Å². The molecule has 1 N–H and O–H groups in total. The Labute approximate surface area is 116 Å². The van der Waals surface area contributed by atoms with Crippen molar-refractivity contribution < 1.29 is 4.79 Å². The lowest BCUT2D eigenvalue weighted by Crippen LogP contribution is -2.23. The van der Waals surface area contributed by atoms with E-state index in [1.165, 1.54) is 4.90 Å². The van der Waals surface area contributed by atoms with Gasteiger partial charge in [0.2, 0.25) is 5.91 Å². The van der Waals surface area contributed by atoms with Gasteiger partial charge in [-0.1, -0.05) is 34.8 Å². The third kappa shape index (κ3) is 4.26. The molecule has 0 atom stereocenters. The molecule has 1 rings (SSSR count). The summed E-state index contributed by atoms with van der Waals surface area (Å²) in [5.74, 6) is 0.0405. The second-order valence-electron chi connectivity index (χ2n) is 3.71. The standard InChI is InChI=1S/C11H13Cl3N2O/c1-16(2)10(17)3-4-15-11-8(13)5-7(12)6-9(11)14/h5-6,15H,3-4H2,1-2H3. The number of anilines is 1. The van der Waals surface area contributed by atoms with Crippen molar-refractivity contribution in [1.82, 2.24) is 4.90 Å². The number of nitrogens with one attached hydrogen (secondary N) is 1. The second kappa shape index (κ2) is 6.34. The Morgan fingerprint density at radius 2 is 1.76 bits per heavy atom. The largest absolute Gasteiger partial charge is 0.382 e. The van der Waals surface area contributed by atoms with Crippen LogP contribution >= 0.6 is 34.8 Å². The van der Waals surface area contributed by atoms with E-state index < -0.39 is 0 Å². The molecule has 0 fully saturated rings. The first-order valence-electron chi connectivity index (χ1n) is 5.00. The molecule has 17 heavy (non-hydrogen) atoms. The average Bonchev–Trinajstić information content (AvgIpc) is 2.21. The smallest absolute Gasteiger partial charge is 0.223 e. The molecule has 0 unspecified atom stereocenters. The van der Waals surface area contributed by atoms with E-state index in [1.54, 1.807) is 26.2 Å². The summed E-state index contributed by atoms with van der Waals surface area (Å²) in [5.41, 5.74) is 0.601. The van der Waals surface area contributed by atoms with Crippen LogP contribution in [0.2, 0.25) is 15.1 Å². The number of nitrogens with zero attached hydrogens (tertiary/aromatic N) is 1. The van der Waals surface area contributed by atoms with E-state index in [0.717, 1.165) is 0 Å². The van der Waals surface area contributed by atoms with Crippen LogP contribution in [0.3, 0.4) is 0 Å². The summed E-state index contributed by atoms with van der Waals surface area (Å²) < 4.78 is 0. The van der Waals surface area contributed by atoms with Crippen molar-refractivity contribution in [2.45, 2.75) is 6.42 Å². The molecule has 3 nitrogen and oxygen atoms in total. The molecule has 0 aliphatic heterocycles. The quantitative estimate of drug-likeness (QED) is 0.921. The van der Waals surface area contributed by atoms with Gasteiger partial charge in [0.1, 0.15) is 0 Å². The molecule has 0 radical (unpaired) electrons. The number of benzene rings is 1. The molecule has 0 saturated heterocycles. The first-order chi connectivity index (χ1) is 7.91. The maximum Gasteiger partial charge on any atom is 0.223 e. The highest BCUT2D eigenvalue weighted by atomic mass is 35.5. The Kier molecular flexibility index (Phi) is 5.37. The van der Waals surface area contributed by atoms with Crippen LogP contribution in [0, 0.1) is 0 Å². The van der Waals surface area contributed by atoms with Crippen LogP contribution in [0.15, 0.2) is 12.1 Å². The summed E-state index contributed by atoms with van der Waals surface area (Å²) in [5, 5.41) is 4.39. The minimum Gasteiger partial charge on any atom is -0.382 e. The predicted molar refractivity (Wildman–Crippen MR) is 73.3 cm³/mol. The van der Waals surface area contributed by atoms with Crippen molar-refractivity contribution >= 4 is 46.4 Å². The molecule has 1 aromatic rings. The molecular weight excluding hydrogens is 282 g/mol. The average molecular weight is 296 g/mol. The highest BCUT2D eigenvalue weighted by Crippen LogP contribution is 2.33. The van der Waals surface area contributed by atoms with E-state index in [4.69, 9.17) is 34.8 Å². The lowest BCUT2D eigenvalue weighted by atomic mass is 10.3. The van der Waals surface area contributed by atoms with Crippen molar-refractivity contribution in [1.29, 1.82) is 0 Å². The zero-order valence-corrected chi connectivity index (χ0v) is 11.8. The number of hydrogen-bond donors (Lipinski definition) is 1. The Bertz CT molecular complexity index is 398.